The van der Waals surface area contributed by atoms with Crippen LogP contribution in [0, 0.1) is 0 Å². The average Bonchev–Trinajstić information content (AvgIpc) is 3.46. The van der Waals surface area contributed by atoms with Gasteiger partial charge in [-0.2, -0.15) is 10.2 Å². The second kappa shape index (κ2) is 7.85. The average molecular weight is 433 g/mol. The molecule has 0 bridgehead atoms. The number of fused-ring (bicyclic) bond motifs is 1. The SMILES string of the molecule is O=C(Cn1ncc(=O)c2ccccc21)N1N=C(c2ccc(Cl)cc2)C[C@H]1c1ccco1. The van der Waals surface area contributed by atoms with E-state index in [-0.39, 0.29) is 23.9 Å². The summed E-state index contributed by atoms with van der Waals surface area (Å²) in [6.07, 6.45) is 3.32. The Balaban J connectivity index is 1.50. The molecule has 5 rings (SSSR count). The van der Waals surface area contributed by atoms with Crippen LogP contribution in [-0.4, -0.2) is 26.4 Å². The number of carbonyl (C=O) groups is 1. The molecule has 0 saturated carbocycles. The first-order valence-electron chi connectivity index (χ1n) is 9.74. The number of furan rings is 1. The molecule has 8 heteroatoms. The van der Waals surface area contributed by atoms with Crippen LogP contribution in [-0.2, 0) is 11.3 Å². The number of amides is 1. The van der Waals surface area contributed by atoms with Crippen molar-refractivity contribution in [1.82, 2.24) is 14.8 Å². The highest BCUT2D eigenvalue weighted by molar-refractivity contribution is 6.30. The minimum Gasteiger partial charge on any atom is -0.467 e. The highest BCUT2D eigenvalue weighted by Crippen LogP contribution is 2.33. The van der Waals surface area contributed by atoms with E-state index in [9.17, 15) is 9.59 Å². The maximum absolute atomic E-state index is 13.3. The maximum Gasteiger partial charge on any atom is 0.265 e. The molecule has 0 fully saturated rings. The summed E-state index contributed by atoms with van der Waals surface area (Å²) in [5.41, 5.74) is 2.07. The van der Waals surface area contributed by atoms with Crippen molar-refractivity contribution < 1.29 is 9.21 Å². The summed E-state index contributed by atoms with van der Waals surface area (Å²) in [6, 6.07) is 17.7. The number of carbonyl (C=O) groups excluding carboxylic acids is 1. The van der Waals surface area contributed by atoms with E-state index in [1.807, 2.05) is 24.3 Å². The highest BCUT2D eigenvalue weighted by atomic mass is 35.5. The van der Waals surface area contributed by atoms with Gasteiger partial charge in [-0.15, -0.1) is 0 Å². The van der Waals surface area contributed by atoms with Gasteiger partial charge in [0.1, 0.15) is 18.3 Å². The molecule has 0 unspecified atom stereocenters. The molecule has 1 atom stereocenters. The molecular formula is C23H17ClN4O3. The van der Waals surface area contributed by atoms with Crippen LogP contribution in [0.5, 0.6) is 0 Å². The molecule has 7 nitrogen and oxygen atoms in total. The van der Waals surface area contributed by atoms with E-state index < -0.39 is 0 Å². The molecule has 0 N–H and O–H groups in total. The summed E-state index contributed by atoms with van der Waals surface area (Å²) < 4.78 is 7.11. The quantitative estimate of drug-likeness (QED) is 0.487. The molecule has 2 aromatic carbocycles. The lowest BCUT2D eigenvalue weighted by Crippen LogP contribution is -2.31. The van der Waals surface area contributed by atoms with Crippen LogP contribution in [0.2, 0.25) is 5.02 Å². The molecule has 154 valence electrons. The zero-order valence-corrected chi connectivity index (χ0v) is 17.1. The summed E-state index contributed by atoms with van der Waals surface area (Å²) in [4.78, 5) is 25.4. The van der Waals surface area contributed by atoms with Crippen LogP contribution < -0.4 is 5.43 Å². The highest BCUT2D eigenvalue weighted by Gasteiger charge is 2.35. The van der Waals surface area contributed by atoms with Crippen molar-refractivity contribution in [3.63, 3.8) is 0 Å². The van der Waals surface area contributed by atoms with Gasteiger partial charge in [0.15, 0.2) is 0 Å². The lowest BCUT2D eigenvalue weighted by molar-refractivity contribution is -0.134. The van der Waals surface area contributed by atoms with Crippen molar-refractivity contribution in [2.45, 2.75) is 19.0 Å². The van der Waals surface area contributed by atoms with Crippen molar-refractivity contribution in [3.05, 3.63) is 99.7 Å². The van der Waals surface area contributed by atoms with Gasteiger partial charge < -0.3 is 4.42 Å². The molecule has 1 aliphatic rings. The van der Waals surface area contributed by atoms with Crippen molar-refractivity contribution in [3.8, 4) is 0 Å². The van der Waals surface area contributed by atoms with E-state index in [0.717, 1.165) is 11.3 Å². The molecule has 31 heavy (non-hydrogen) atoms. The van der Waals surface area contributed by atoms with Crippen LogP contribution in [0.4, 0.5) is 0 Å². The van der Waals surface area contributed by atoms with Crippen molar-refractivity contribution in [2.75, 3.05) is 0 Å². The van der Waals surface area contributed by atoms with Gasteiger partial charge in [0.05, 0.1) is 23.7 Å². The molecule has 4 aromatic rings. The standard InChI is InChI=1S/C23H17ClN4O3/c24-16-9-7-15(8-10-16)18-12-20(22-6-3-11-31-22)28(26-18)23(30)14-27-19-5-2-1-4-17(19)21(29)13-25-27/h1-11,13,20H,12,14H2/t20-/m0/s1. The van der Waals surface area contributed by atoms with Crippen molar-refractivity contribution in [2.24, 2.45) is 5.10 Å². The Morgan fingerprint density at radius 1 is 1.10 bits per heavy atom. The molecule has 2 aromatic heterocycles. The Kier molecular flexibility index (Phi) is 4.88. The summed E-state index contributed by atoms with van der Waals surface area (Å²) in [5, 5.41) is 11.4. The second-order valence-electron chi connectivity index (χ2n) is 7.21. The fourth-order valence-electron chi connectivity index (χ4n) is 3.75. The minimum absolute atomic E-state index is 0.0601. The molecule has 0 aliphatic carbocycles. The van der Waals surface area contributed by atoms with Gasteiger partial charge in [-0.05, 0) is 42.0 Å². The third kappa shape index (κ3) is 3.64. The Morgan fingerprint density at radius 2 is 1.90 bits per heavy atom. The maximum atomic E-state index is 13.3. The third-order valence-corrected chi connectivity index (χ3v) is 5.51. The zero-order chi connectivity index (χ0) is 21.4. The number of para-hydroxylation sites is 1. The molecular weight excluding hydrogens is 416 g/mol. The van der Waals surface area contributed by atoms with Crippen LogP contribution >= 0.6 is 11.6 Å². The lowest BCUT2D eigenvalue weighted by Gasteiger charge is -2.20. The fraction of sp³-hybridized carbons (Fsp3) is 0.130. The monoisotopic (exact) mass is 432 g/mol. The van der Waals surface area contributed by atoms with Gasteiger partial charge in [0.2, 0.25) is 5.43 Å². The fourth-order valence-corrected chi connectivity index (χ4v) is 3.87. The van der Waals surface area contributed by atoms with E-state index >= 15 is 0 Å². The first-order chi connectivity index (χ1) is 15.1. The Morgan fingerprint density at radius 3 is 2.68 bits per heavy atom. The number of rotatable bonds is 4. The predicted molar refractivity (Wildman–Crippen MR) is 117 cm³/mol. The number of aromatic nitrogens is 2. The number of hydrazone groups is 1. The zero-order valence-electron chi connectivity index (χ0n) is 16.3. The lowest BCUT2D eigenvalue weighted by atomic mass is 10.0. The number of benzene rings is 2. The minimum atomic E-state index is -0.362. The first kappa shape index (κ1) is 19.3. The number of halogens is 1. The van der Waals surface area contributed by atoms with Crippen LogP contribution in [0.15, 0.2) is 87.4 Å². The van der Waals surface area contributed by atoms with Crippen LogP contribution in [0.1, 0.15) is 23.8 Å². The molecule has 3 heterocycles. The summed E-state index contributed by atoms with van der Waals surface area (Å²) >= 11 is 6.01. The predicted octanol–water partition coefficient (Wildman–Crippen LogP) is 4.02. The molecule has 0 radical (unpaired) electrons. The van der Waals surface area contributed by atoms with Gasteiger partial charge in [-0.25, -0.2) is 5.01 Å². The van der Waals surface area contributed by atoms with E-state index in [1.54, 1.807) is 42.7 Å². The van der Waals surface area contributed by atoms with E-state index in [0.29, 0.717) is 28.1 Å². The van der Waals surface area contributed by atoms with E-state index in [4.69, 9.17) is 16.0 Å². The second-order valence-corrected chi connectivity index (χ2v) is 7.65. The summed E-state index contributed by atoms with van der Waals surface area (Å²) in [6.45, 7) is -0.0601. The topological polar surface area (TPSA) is 80.7 Å². The molecule has 1 amide bonds. The summed E-state index contributed by atoms with van der Waals surface area (Å²) in [7, 11) is 0. The smallest absolute Gasteiger partial charge is 0.265 e. The first-order valence-corrected chi connectivity index (χ1v) is 10.1. The van der Waals surface area contributed by atoms with Crippen molar-refractivity contribution >= 4 is 34.1 Å². The van der Waals surface area contributed by atoms with Crippen molar-refractivity contribution in [1.29, 1.82) is 0 Å². The van der Waals surface area contributed by atoms with E-state index in [1.165, 1.54) is 15.9 Å². The Hall–Kier alpha value is -3.71. The molecule has 1 aliphatic heterocycles. The Labute approximate surface area is 182 Å². The largest absolute Gasteiger partial charge is 0.467 e. The summed E-state index contributed by atoms with van der Waals surface area (Å²) in [5.74, 6) is 0.394. The number of hydrogen-bond acceptors (Lipinski definition) is 5. The van der Waals surface area contributed by atoms with Crippen LogP contribution in [0.3, 0.4) is 0 Å². The third-order valence-electron chi connectivity index (χ3n) is 5.26. The molecule has 0 saturated heterocycles. The van der Waals surface area contributed by atoms with Gasteiger partial charge in [-0.3, -0.25) is 14.3 Å². The normalized spacial score (nSPS) is 16.0. The molecule has 0 spiro atoms. The van der Waals surface area contributed by atoms with E-state index in [2.05, 4.69) is 10.2 Å². The van der Waals surface area contributed by atoms with Gasteiger partial charge in [0.25, 0.3) is 5.91 Å². The van der Waals surface area contributed by atoms with Gasteiger partial charge >= 0.3 is 0 Å². The number of nitrogens with zero attached hydrogens (tertiary/aromatic N) is 4. The Bertz CT molecular complexity index is 1340. The van der Waals surface area contributed by atoms with Gasteiger partial charge in [-0.1, -0.05) is 35.9 Å². The number of hydrogen-bond donors (Lipinski definition) is 0. The van der Waals surface area contributed by atoms with Gasteiger partial charge in [0, 0.05) is 16.8 Å². The van der Waals surface area contributed by atoms with Crippen LogP contribution in [0.25, 0.3) is 10.9 Å².